The van der Waals surface area contributed by atoms with Gasteiger partial charge in [0.25, 0.3) is 0 Å². The molecule has 3 aliphatic carbocycles. The molecule has 0 aromatic heterocycles. The second-order valence-corrected chi connectivity index (χ2v) is 12.6. The number of likely N-dealkylation sites (tertiary alicyclic amines) is 2. The van der Waals surface area contributed by atoms with E-state index in [0.29, 0.717) is 28.9 Å². The third kappa shape index (κ3) is 3.78. The highest BCUT2D eigenvalue weighted by Gasteiger charge is 2.54. The van der Waals surface area contributed by atoms with Crippen molar-refractivity contribution in [1.29, 1.82) is 0 Å². The maximum Gasteiger partial charge on any atom is 0.415 e. The fourth-order valence-corrected chi connectivity index (χ4v) is 8.52. The molecule has 186 valence electrons. The van der Waals surface area contributed by atoms with Crippen LogP contribution in [0.1, 0.15) is 81.8 Å². The maximum atomic E-state index is 12.9. The molecule has 3 unspecified atom stereocenters. The van der Waals surface area contributed by atoms with Crippen molar-refractivity contribution in [3.05, 3.63) is 29.3 Å². The number of hydrogen-bond acceptors (Lipinski definition) is 4. The van der Waals surface area contributed by atoms with Crippen LogP contribution in [0.2, 0.25) is 0 Å². The largest absolute Gasteiger partial charge is 0.415 e. The smallest absolute Gasteiger partial charge is 0.410 e. The Labute approximate surface area is 204 Å². The molecule has 6 rings (SSSR count). The fraction of sp³-hybridized carbons (Fsp3) is 0.759. The summed E-state index contributed by atoms with van der Waals surface area (Å²) >= 11 is 0. The van der Waals surface area contributed by atoms with Crippen molar-refractivity contribution < 1.29 is 14.6 Å². The summed E-state index contributed by atoms with van der Waals surface area (Å²) in [4.78, 5) is 17.3. The van der Waals surface area contributed by atoms with Crippen molar-refractivity contribution >= 4 is 6.09 Å². The summed E-state index contributed by atoms with van der Waals surface area (Å²) in [5.41, 5.74) is 3.41. The van der Waals surface area contributed by atoms with Crippen LogP contribution >= 0.6 is 0 Å². The van der Waals surface area contributed by atoms with Gasteiger partial charge in [-0.2, -0.15) is 0 Å². The highest BCUT2D eigenvalue weighted by Crippen LogP contribution is 2.61. The van der Waals surface area contributed by atoms with Gasteiger partial charge in [0.05, 0.1) is 6.10 Å². The van der Waals surface area contributed by atoms with E-state index in [9.17, 15) is 9.90 Å². The molecule has 34 heavy (non-hydrogen) atoms. The molecule has 5 atom stereocenters. The third-order valence-corrected chi connectivity index (χ3v) is 11.0. The zero-order chi connectivity index (χ0) is 23.5. The predicted molar refractivity (Wildman–Crippen MR) is 133 cm³/mol. The molecule has 5 nitrogen and oxygen atoms in total. The lowest BCUT2D eigenvalue weighted by atomic mass is 9.55. The number of aliphatic hydroxyl groups excluding tert-OH is 1. The van der Waals surface area contributed by atoms with E-state index in [-0.39, 0.29) is 17.6 Å². The molecule has 0 bridgehead atoms. The van der Waals surface area contributed by atoms with Gasteiger partial charge in [-0.05, 0) is 136 Å². The topological polar surface area (TPSA) is 53.0 Å². The molecule has 0 radical (unpaired) electrons. The summed E-state index contributed by atoms with van der Waals surface area (Å²) in [7, 11) is 2.21. The number of nitrogens with zero attached hydrogens (tertiary/aromatic N) is 2. The van der Waals surface area contributed by atoms with E-state index >= 15 is 0 Å². The molecule has 2 heterocycles. The Morgan fingerprint density at radius 1 is 1.00 bits per heavy atom. The Kier molecular flexibility index (Phi) is 5.72. The van der Waals surface area contributed by atoms with E-state index < -0.39 is 0 Å². The predicted octanol–water partition coefficient (Wildman–Crippen LogP) is 5.21. The van der Waals surface area contributed by atoms with E-state index in [0.717, 1.165) is 45.2 Å². The van der Waals surface area contributed by atoms with Gasteiger partial charge < -0.3 is 19.6 Å². The Hall–Kier alpha value is -1.59. The molecular weight excluding hydrogens is 424 g/mol. The standard InChI is InChI=1S/C29H42N2O3/c1-28-10-9-23-22-6-4-21(19-20(22)3-5-24(23)25(28)7-8-26(28)32)34-27(33)31-17-13-29(14-18-31)11-15-30(2)16-12-29/h4,6,19,23-26,32H,3,5,7-18H2,1-2H3/t23-,24?,25+,26?,28?/m1/s1. The highest BCUT2D eigenvalue weighted by atomic mass is 16.6. The van der Waals surface area contributed by atoms with Crippen LogP contribution in [0.4, 0.5) is 4.79 Å². The molecule has 1 spiro atoms. The Morgan fingerprint density at radius 2 is 1.74 bits per heavy atom. The highest BCUT2D eigenvalue weighted by molar-refractivity contribution is 5.71. The first kappa shape index (κ1) is 22.8. The zero-order valence-electron chi connectivity index (χ0n) is 21.1. The third-order valence-electron chi connectivity index (χ3n) is 11.0. The van der Waals surface area contributed by atoms with Gasteiger partial charge in [0.15, 0.2) is 0 Å². The van der Waals surface area contributed by atoms with Gasteiger partial charge in [-0.1, -0.05) is 13.0 Å². The molecular formula is C29H42N2O3. The van der Waals surface area contributed by atoms with Crippen molar-refractivity contribution in [3.63, 3.8) is 0 Å². The summed E-state index contributed by atoms with van der Waals surface area (Å²) in [5.74, 6) is 2.65. The molecule has 1 aromatic carbocycles. The van der Waals surface area contributed by atoms with Gasteiger partial charge in [0.1, 0.15) is 5.75 Å². The minimum Gasteiger partial charge on any atom is -0.410 e. The quantitative estimate of drug-likeness (QED) is 0.617. The molecule has 1 N–H and O–H groups in total. The van der Waals surface area contributed by atoms with Crippen molar-refractivity contribution in [3.8, 4) is 5.75 Å². The van der Waals surface area contributed by atoms with Crippen LogP contribution in [0.25, 0.3) is 0 Å². The van der Waals surface area contributed by atoms with E-state index in [1.165, 1.54) is 56.3 Å². The van der Waals surface area contributed by atoms with Crippen LogP contribution in [0.5, 0.6) is 5.75 Å². The van der Waals surface area contributed by atoms with E-state index in [1.54, 1.807) is 0 Å². The molecule has 2 saturated carbocycles. The Morgan fingerprint density at radius 3 is 2.50 bits per heavy atom. The second kappa shape index (κ2) is 8.51. The van der Waals surface area contributed by atoms with E-state index in [1.807, 2.05) is 11.0 Å². The molecule has 4 fully saturated rings. The Bertz CT molecular complexity index is 929. The summed E-state index contributed by atoms with van der Waals surface area (Å²) in [6, 6.07) is 6.41. The van der Waals surface area contributed by atoms with Crippen LogP contribution < -0.4 is 4.74 Å². The number of piperidine rings is 2. The second-order valence-electron chi connectivity index (χ2n) is 12.6. The molecule has 5 aliphatic rings. The number of aryl methyl sites for hydroxylation is 1. The number of carbonyl (C=O) groups excluding carboxylic acids is 1. The SMILES string of the molecule is CN1CCC2(CC1)CCN(C(=O)Oc1ccc3c(c1)CCC1[C@@H]3CCC3(C)C(O)CC[C@@H]13)CC2. The van der Waals surface area contributed by atoms with Crippen molar-refractivity contribution in [2.75, 3.05) is 33.2 Å². The lowest BCUT2D eigenvalue weighted by Gasteiger charge is -2.50. The van der Waals surface area contributed by atoms with Gasteiger partial charge in [-0.15, -0.1) is 0 Å². The van der Waals surface area contributed by atoms with E-state index in [2.05, 4.69) is 31.0 Å². The number of aliphatic hydroxyl groups is 1. The maximum absolute atomic E-state index is 12.9. The fourth-order valence-electron chi connectivity index (χ4n) is 8.52. The normalized spacial score (nSPS) is 37.1. The molecule has 5 heteroatoms. The molecule has 1 aromatic rings. The first-order valence-electron chi connectivity index (χ1n) is 13.8. The van der Waals surface area contributed by atoms with Gasteiger partial charge >= 0.3 is 6.09 Å². The van der Waals surface area contributed by atoms with Crippen LogP contribution in [0.3, 0.4) is 0 Å². The van der Waals surface area contributed by atoms with Crippen LogP contribution in [0.15, 0.2) is 18.2 Å². The van der Waals surface area contributed by atoms with Crippen LogP contribution in [-0.4, -0.2) is 60.3 Å². The minimum atomic E-state index is -0.176. The van der Waals surface area contributed by atoms with Gasteiger partial charge in [-0.25, -0.2) is 4.79 Å². The monoisotopic (exact) mass is 466 g/mol. The van der Waals surface area contributed by atoms with E-state index in [4.69, 9.17) is 4.74 Å². The number of amides is 1. The van der Waals surface area contributed by atoms with Crippen molar-refractivity contribution in [2.45, 2.75) is 83.2 Å². The average Bonchev–Trinajstić information content (AvgIpc) is 3.15. The summed E-state index contributed by atoms with van der Waals surface area (Å²) in [6.45, 7) is 6.34. The number of hydrogen-bond donors (Lipinski definition) is 1. The zero-order valence-corrected chi connectivity index (χ0v) is 21.1. The lowest BCUT2D eigenvalue weighted by molar-refractivity contribution is -0.0226. The number of carbonyl (C=O) groups is 1. The van der Waals surface area contributed by atoms with Crippen molar-refractivity contribution in [2.24, 2.45) is 22.7 Å². The van der Waals surface area contributed by atoms with Crippen LogP contribution in [0, 0.1) is 22.7 Å². The Balaban J connectivity index is 1.10. The number of fused-ring (bicyclic) bond motifs is 5. The minimum absolute atomic E-state index is 0.120. The number of rotatable bonds is 1. The number of benzene rings is 1. The van der Waals surface area contributed by atoms with Crippen molar-refractivity contribution in [1.82, 2.24) is 9.80 Å². The van der Waals surface area contributed by atoms with Gasteiger partial charge in [0.2, 0.25) is 0 Å². The van der Waals surface area contributed by atoms with Gasteiger partial charge in [-0.3, -0.25) is 0 Å². The number of ether oxygens (including phenoxy) is 1. The first-order valence-corrected chi connectivity index (χ1v) is 13.8. The van der Waals surface area contributed by atoms with Gasteiger partial charge in [0, 0.05) is 13.1 Å². The molecule has 2 aliphatic heterocycles. The summed E-state index contributed by atoms with van der Waals surface area (Å²) in [5, 5.41) is 10.6. The summed E-state index contributed by atoms with van der Waals surface area (Å²) < 4.78 is 5.89. The molecule has 2 saturated heterocycles. The average molecular weight is 467 g/mol. The lowest BCUT2D eigenvalue weighted by Crippen LogP contribution is -2.48. The first-order chi connectivity index (χ1) is 16.4. The van der Waals surface area contributed by atoms with Crippen LogP contribution in [-0.2, 0) is 6.42 Å². The molecule has 1 amide bonds. The summed E-state index contributed by atoms with van der Waals surface area (Å²) in [6.07, 6.45) is 11.2.